The number of nitrogens with zero attached hydrogens (tertiary/aromatic N) is 4. The minimum Gasteiger partial charge on any atom is -0.495 e. The topological polar surface area (TPSA) is 81.9 Å². The van der Waals surface area contributed by atoms with Crippen molar-refractivity contribution < 1.29 is 9.53 Å². The lowest BCUT2D eigenvalue weighted by Crippen LogP contribution is -2.21. The number of ether oxygens (including phenoxy) is 1. The van der Waals surface area contributed by atoms with Crippen LogP contribution in [0.25, 0.3) is 11.4 Å². The zero-order chi connectivity index (χ0) is 19.4. The van der Waals surface area contributed by atoms with Crippen LogP contribution in [-0.2, 0) is 16.8 Å². The van der Waals surface area contributed by atoms with E-state index in [9.17, 15) is 4.79 Å². The summed E-state index contributed by atoms with van der Waals surface area (Å²) in [6, 6.07) is 15.3. The van der Waals surface area contributed by atoms with Crippen molar-refractivity contribution in [2.75, 3.05) is 12.4 Å². The largest absolute Gasteiger partial charge is 0.495 e. The van der Waals surface area contributed by atoms with E-state index in [2.05, 4.69) is 41.5 Å². The summed E-state index contributed by atoms with van der Waals surface area (Å²) < 4.78 is 5.36. The average Bonchev–Trinajstić information content (AvgIpc) is 3.10. The van der Waals surface area contributed by atoms with E-state index in [-0.39, 0.29) is 17.9 Å². The second-order valence-electron chi connectivity index (χ2n) is 7.22. The number of aromatic nitrogens is 4. The molecule has 1 amide bonds. The van der Waals surface area contributed by atoms with Gasteiger partial charge in [0.25, 0.3) is 0 Å². The van der Waals surface area contributed by atoms with Crippen LogP contribution in [0.4, 0.5) is 5.69 Å². The first-order chi connectivity index (χ1) is 12.9. The Morgan fingerprint density at radius 2 is 1.89 bits per heavy atom. The Hall–Kier alpha value is -3.22. The van der Waals surface area contributed by atoms with Crippen molar-refractivity contribution >= 4 is 11.6 Å². The highest BCUT2D eigenvalue weighted by atomic mass is 16.5. The summed E-state index contributed by atoms with van der Waals surface area (Å²) in [5, 5.41) is 15.1. The second-order valence-corrected chi connectivity index (χ2v) is 7.22. The van der Waals surface area contributed by atoms with E-state index >= 15 is 0 Å². The number of rotatable bonds is 5. The van der Waals surface area contributed by atoms with Gasteiger partial charge in [0, 0.05) is 5.56 Å². The number of tetrazole rings is 1. The van der Waals surface area contributed by atoms with Crippen LogP contribution in [0, 0.1) is 0 Å². The summed E-state index contributed by atoms with van der Waals surface area (Å²) in [7, 11) is 1.58. The fourth-order valence-corrected chi connectivity index (χ4v) is 2.60. The van der Waals surface area contributed by atoms with Crippen LogP contribution < -0.4 is 10.1 Å². The molecule has 0 aliphatic carbocycles. The maximum Gasteiger partial charge on any atom is 0.248 e. The van der Waals surface area contributed by atoms with Crippen LogP contribution in [0.3, 0.4) is 0 Å². The lowest BCUT2D eigenvalue weighted by Gasteiger charge is -2.21. The quantitative estimate of drug-likeness (QED) is 0.750. The summed E-state index contributed by atoms with van der Waals surface area (Å²) in [4.78, 5) is 13.7. The normalized spacial score (nSPS) is 11.3. The number of nitrogens with one attached hydrogen (secondary N) is 1. The van der Waals surface area contributed by atoms with Crippen molar-refractivity contribution in [1.82, 2.24) is 20.2 Å². The van der Waals surface area contributed by atoms with Crippen LogP contribution in [0.1, 0.15) is 26.3 Å². The summed E-state index contributed by atoms with van der Waals surface area (Å²) >= 11 is 0. The maximum atomic E-state index is 12.5. The number of carbonyl (C=O) groups is 1. The van der Waals surface area contributed by atoms with E-state index in [1.807, 2.05) is 48.5 Å². The summed E-state index contributed by atoms with van der Waals surface area (Å²) in [5.74, 6) is 0.833. The number of methoxy groups -OCH3 is 1. The fraction of sp³-hybridized carbons (Fsp3) is 0.300. The van der Waals surface area contributed by atoms with E-state index in [4.69, 9.17) is 4.74 Å². The van der Waals surface area contributed by atoms with Gasteiger partial charge in [-0.3, -0.25) is 4.79 Å². The first-order valence-electron chi connectivity index (χ1n) is 8.68. The molecule has 0 aliphatic rings. The van der Waals surface area contributed by atoms with Gasteiger partial charge in [-0.05, 0) is 28.3 Å². The van der Waals surface area contributed by atoms with Gasteiger partial charge in [-0.15, -0.1) is 10.2 Å². The van der Waals surface area contributed by atoms with Gasteiger partial charge in [0.2, 0.25) is 11.7 Å². The molecule has 0 aliphatic heterocycles. The zero-order valence-electron chi connectivity index (χ0n) is 15.9. The Kier molecular flexibility index (Phi) is 5.21. The molecule has 0 saturated carbocycles. The SMILES string of the molecule is COc1ccc(C(C)(C)C)cc1NC(=O)Cn1nnc(-c2ccccc2)n1. The van der Waals surface area contributed by atoms with Gasteiger partial charge < -0.3 is 10.1 Å². The molecule has 1 aromatic heterocycles. The van der Waals surface area contributed by atoms with Gasteiger partial charge >= 0.3 is 0 Å². The molecule has 1 N–H and O–H groups in total. The van der Waals surface area contributed by atoms with Crippen molar-refractivity contribution in [3.63, 3.8) is 0 Å². The summed E-state index contributed by atoms with van der Waals surface area (Å²) in [5.41, 5.74) is 2.54. The van der Waals surface area contributed by atoms with Gasteiger partial charge in [0.05, 0.1) is 12.8 Å². The van der Waals surface area contributed by atoms with Gasteiger partial charge in [0.1, 0.15) is 12.3 Å². The van der Waals surface area contributed by atoms with Crippen LogP contribution in [0.2, 0.25) is 0 Å². The summed E-state index contributed by atoms with van der Waals surface area (Å²) in [6.45, 7) is 6.31. The molecule has 1 heterocycles. The molecule has 0 bridgehead atoms. The first-order valence-corrected chi connectivity index (χ1v) is 8.68. The summed E-state index contributed by atoms with van der Waals surface area (Å²) in [6.07, 6.45) is 0. The highest BCUT2D eigenvalue weighted by molar-refractivity contribution is 5.92. The van der Waals surface area contributed by atoms with Crippen molar-refractivity contribution in [1.29, 1.82) is 0 Å². The molecule has 2 aromatic carbocycles. The molecule has 0 atom stereocenters. The van der Waals surface area contributed by atoms with Crippen LogP contribution in [-0.4, -0.2) is 33.2 Å². The highest BCUT2D eigenvalue weighted by Gasteiger charge is 2.17. The minimum absolute atomic E-state index is 0.0379. The molecule has 0 unspecified atom stereocenters. The van der Waals surface area contributed by atoms with E-state index in [1.165, 1.54) is 4.80 Å². The molecule has 7 nitrogen and oxygen atoms in total. The number of carbonyl (C=O) groups excluding carboxylic acids is 1. The van der Waals surface area contributed by atoms with Gasteiger partial charge in [-0.25, -0.2) is 0 Å². The Labute approximate surface area is 158 Å². The zero-order valence-corrected chi connectivity index (χ0v) is 15.9. The predicted molar refractivity (Wildman–Crippen MR) is 104 cm³/mol. The smallest absolute Gasteiger partial charge is 0.248 e. The van der Waals surface area contributed by atoms with Crippen molar-refractivity contribution in [3.8, 4) is 17.1 Å². The van der Waals surface area contributed by atoms with E-state index in [0.717, 1.165) is 11.1 Å². The number of hydrogen-bond donors (Lipinski definition) is 1. The molecule has 27 heavy (non-hydrogen) atoms. The molecule has 3 aromatic rings. The molecule has 3 rings (SSSR count). The molecule has 140 valence electrons. The molecule has 0 radical (unpaired) electrons. The number of benzene rings is 2. The third kappa shape index (κ3) is 4.49. The second kappa shape index (κ2) is 7.57. The third-order valence-corrected chi connectivity index (χ3v) is 4.11. The predicted octanol–water partition coefficient (Wildman–Crippen LogP) is 3.28. The lowest BCUT2D eigenvalue weighted by atomic mass is 9.87. The van der Waals surface area contributed by atoms with Gasteiger partial charge in [-0.1, -0.05) is 57.2 Å². The Balaban J connectivity index is 1.74. The molecule has 0 spiro atoms. The maximum absolute atomic E-state index is 12.5. The fourth-order valence-electron chi connectivity index (χ4n) is 2.60. The van der Waals surface area contributed by atoms with Crippen molar-refractivity contribution in [2.45, 2.75) is 32.7 Å². The number of hydrogen-bond acceptors (Lipinski definition) is 5. The number of amides is 1. The van der Waals surface area contributed by atoms with E-state index in [0.29, 0.717) is 17.3 Å². The third-order valence-electron chi connectivity index (χ3n) is 4.11. The Morgan fingerprint density at radius 1 is 1.15 bits per heavy atom. The Bertz CT molecular complexity index is 929. The average molecular weight is 365 g/mol. The minimum atomic E-state index is -0.253. The lowest BCUT2D eigenvalue weighted by molar-refractivity contribution is -0.117. The molecular formula is C20H23N5O2. The van der Waals surface area contributed by atoms with Gasteiger partial charge in [0.15, 0.2) is 0 Å². The molecular weight excluding hydrogens is 342 g/mol. The van der Waals surface area contributed by atoms with Crippen molar-refractivity contribution in [2.24, 2.45) is 0 Å². The molecule has 0 fully saturated rings. The number of anilines is 1. The van der Waals surface area contributed by atoms with Crippen LogP contribution in [0.15, 0.2) is 48.5 Å². The van der Waals surface area contributed by atoms with Gasteiger partial charge in [-0.2, -0.15) is 4.80 Å². The van der Waals surface area contributed by atoms with E-state index in [1.54, 1.807) is 7.11 Å². The van der Waals surface area contributed by atoms with Crippen LogP contribution in [0.5, 0.6) is 5.75 Å². The van der Waals surface area contributed by atoms with E-state index < -0.39 is 0 Å². The standard InChI is InChI=1S/C20H23N5O2/c1-20(2,3)15-10-11-17(27-4)16(12-15)21-18(26)13-25-23-19(22-24-25)14-8-6-5-7-9-14/h5-12H,13H2,1-4H3,(H,21,26). The monoisotopic (exact) mass is 365 g/mol. The Morgan fingerprint density at radius 3 is 2.56 bits per heavy atom. The first kappa shape index (κ1) is 18.6. The van der Waals surface area contributed by atoms with Crippen LogP contribution >= 0.6 is 0 Å². The molecule has 0 saturated heterocycles. The highest BCUT2D eigenvalue weighted by Crippen LogP contribution is 2.31. The molecule has 7 heteroatoms. The van der Waals surface area contributed by atoms with Crippen molar-refractivity contribution in [3.05, 3.63) is 54.1 Å².